The summed E-state index contributed by atoms with van der Waals surface area (Å²) < 4.78 is 4.75. The van der Waals surface area contributed by atoms with E-state index in [9.17, 15) is 14.4 Å². The van der Waals surface area contributed by atoms with Crippen LogP contribution >= 0.6 is 0 Å². The lowest BCUT2D eigenvalue weighted by Gasteiger charge is -2.34. The van der Waals surface area contributed by atoms with Crippen LogP contribution in [-0.4, -0.2) is 24.6 Å². The van der Waals surface area contributed by atoms with E-state index in [0.717, 1.165) is 12.8 Å². The molecule has 2 aliphatic carbocycles. The maximum Gasteiger partial charge on any atom is 0.312 e. The van der Waals surface area contributed by atoms with Crippen LogP contribution < -0.4 is 0 Å². The van der Waals surface area contributed by atoms with Crippen LogP contribution in [0, 0.1) is 11.3 Å². The highest BCUT2D eigenvalue weighted by Gasteiger charge is 2.56. The molecule has 0 aromatic heterocycles. The predicted molar refractivity (Wildman–Crippen MR) is 51.0 cm³/mol. The van der Waals surface area contributed by atoms with Gasteiger partial charge in [0.2, 0.25) is 0 Å². The highest BCUT2D eigenvalue weighted by molar-refractivity contribution is 6.07. The maximum absolute atomic E-state index is 11.7. The minimum atomic E-state index is -0.818. The van der Waals surface area contributed by atoms with Crippen LogP contribution in [0.25, 0.3) is 0 Å². The summed E-state index contributed by atoms with van der Waals surface area (Å²) in [6, 6.07) is 0. The Bertz CT molecular complexity index is 333. The number of Topliss-reactive ketones (excluding diaryl/α,β-unsaturated/α-hetero) is 2. The topological polar surface area (TPSA) is 60.4 Å². The van der Waals surface area contributed by atoms with Crippen molar-refractivity contribution in [2.45, 2.75) is 32.1 Å². The van der Waals surface area contributed by atoms with Crippen LogP contribution in [0.3, 0.4) is 0 Å². The van der Waals surface area contributed by atoms with Gasteiger partial charge in [0, 0.05) is 12.3 Å². The molecule has 15 heavy (non-hydrogen) atoms. The lowest BCUT2D eigenvalue weighted by Crippen LogP contribution is -2.45. The molecule has 0 N–H and O–H groups in total. The molecule has 4 nitrogen and oxygen atoms in total. The zero-order chi connectivity index (χ0) is 11.1. The zero-order valence-corrected chi connectivity index (χ0v) is 8.75. The quantitative estimate of drug-likeness (QED) is 0.476. The minimum absolute atomic E-state index is 0.00338. The average Bonchev–Trinajstić information content (AvgIpc) is 2.61. The van der Waals surface area contributed by atoms with Gasteiger partial charge >= 0.3 is 5.97 Å². The summed E-state index contributed by atoms with van der Waals surface area (Å²) in [5.74, 6) is -0.855. The average molecular weight is 210 g/mol. The highest BCUT2D eigenvalue weighted by atomic mass is 16.5. The van der Waals surface area contributed by atoms with Gasteiger partial charge in [0.1, 0.15) is 11.6 Å². The van der Waals surface area contributed by atoms with E-state index in [1.54, 1.807) is 0 Å². The van der Waals surface area contributed by atoms with Gasteiger partial charge in [-0.3, -0.25) is 14.4 Å². The normalized spacial score (nSPS) is 35.1. The number of hydrogen-bond donors (Lipinski definition) is 0. The molecule has 2 fully saturated rings. The lowest BCUT2D eigenvalue weighted by molar-refractivity contribution is -0.163. The smallest absolute Gasteiger partial charge is 0.312 e. The third-order valence-electron chi connectivity index (χ3n) is 3.65. The standard InChI is InChI=1S/C11H14O4/c1-15-10(14)11-4-2-3-8(11)9(13)5-7(12)6-11/h8H,2-6H2,1H3. The number of carbonyl (C=O) groups excluding carboxylic acids is 3. The van der Waals surface area contributed by atoms with Crippen molar-refractivity contribution in [2.24, 2.45) is 11.3 Å². The molecule has 2 saturated carbocycles. The van der Waals surface area contributed by atoms with Crippen molar-refractivity contribution < 1.29 is 19.1 Å². The number of hydrogen-bond acceptors (Lipinski definition) is 4. The molecule has 0 spiro atoms. The molecule has 0 aromatic rings. The summed E-state index contributed by atoms with van der Waals surface area (Å²) in [6.45, 7) is 0. The molecular formula is C11H14O4. The molecule has 82 valence electrons. The molecule has 2 aliphatic rings. The van der Waals surface area contributed by atoms with Crippen molar-refractivity contribution in [1.82, 2.24) is 0 Å². The van der Waals surface area contributed by atoms with Gasteiger partial charge < -0.3 is 4.74 Å². The van der Waals surface area contributed by atoms with E-state index >= 15 is 0 Å². The first-order valence-corrected chi connectivity index (χ1v) is 5.23. The summed E-state index contributed by atoms with van der Waals surface area (Å²) in [7, 11) is 1.32. The fourth-order valence-electron chi connectivity index (χ4n) is 3.00. The predicted octanol–water partition coefficient (Wildman–Crippen LogP) is 0.878. The molecule has 0 saturated heterocycles. The third kappa shape index (κ3) is 1.39. The molecule has 0 aromatic carbocycles. The molecule has 0 bridgehead atoms. The lowest BCUT2D eigenvalue weighted by atomic mass is 9.67. The SMILES string of the molecule is COC(=O)C12CCCC1C(=O)CC(=O)C2. The van der Waals surface area contributed by atoms with Gasteiger partial charge in [-0.25, -0.2) is 0 Å². The van der Waals surface area contributed by atoms with Crippen molar-refractivity contribution in [3.05, 3.63) is 0 Å². The van der Waals surface area contributed by atoms with E-state index in [4.69, 9.17) is 4.74 Å². The second kappa shape index (κ2) is 3.43. The van der Waals surface area contributed by atoms with Crippen molar-refractivity contribution >= 4 is 17.5 Å². The first-order valence-electron chi connectivity index (χ1n) is 5.23. The number of esters is 1. The maximum atomic E-state index is 11.7. The van der Waals surface area contributed by atoms with Gasteiger partial charge in [0.25, 0.3) is 0 Å². The second-order valence-electron chi connectivity index (χ2n) is 4.45. The Labute approximate surface area is 88.0 Å². The number of methoxy groups -OCH3 is 1. The van der Waals surface area contributed by atoms with Crippen molar-refractivity contribution in [3.8, 4) is 0 Å². The molecular weight excluding hydrogens is 196 g/mol. The number of carbonyl (C=O) groups is 3. The van der Waals surface area contributed by atoms with Gasteiger partial charge in [-0.1, -0.05) is 6.42 Å². The van der Waals surface area contributed by atoms with E-state index in [1.165, 1.54) is 7.11 Å². The van der Waals surface area contributed by atoms with Gasteiger partial charge in [0.05, 0.1) is 18.9 Å². The minimum Gasteiger partial charge on any atom is -0.469 e. The van der Waals surface area contributed by atoms with E-state index in [2.05, 4.69) is 0 Å². The van der Waals surface area contributed by atoms with Gasteiger partial charge in [-0.05, 0) is 12.8 Å². The summed E-state index contributed by atoms with van der Waals surface area (Å²) in [5.41, 5.74) is -0.818. The highest BCUT2D eigenvalue weighted by Crippen LogP contribution is 2.50. The molecule has 2 rings (SSSR count). The molecule has 0 heterocycles. The van der Waals surface area contributed by atoms with E-state index in [-0.39, 0.29) is 36.3 Å². The first kappa shape index (κ1) is 10.3. The third-order valence-corrected chi connectivity index (χ3v) is 3.65. The Kier molecular flexibility index (Phi) is 2.37. The summed E-state index contributed by atoms with van der Waals surface area (Å²) >= 11 is 0. The Morgan fingerprint density at radius 2 is 2.20 bits per heavy atom. The Hall–Kier alpha value is -1.19. The van der Waals surface area contributed by atoms with Crippen LogP contribution in [0.5, 0.6) is 0 Å². The molecule has 0 radical (unpaired) electrons. The van der Waals surface area contributed by atoms with Crippen LogP contribution in [0.4, 0.5) is 0 Å². The van der Waals surface area contributed by atoms with E-state index < -0.39 is 5.41 Å². The fourth-order valence-corrected chi connectivity index (χ4v) is 3.00. The van der Waals surface area contributed by atoms with Crippen LogP contribution in [0.1, 0.15) is 32.1 Å². The summed E-state index contributed by atoms with van der Waals surface area (Å²) in [4.78, 5) is 34.8. The van der Waals surface area contributed by atoms with E-state index in [1.807, 2.05) is 0 Å². The van der Waals surface area contributed by atoms with Gasteiger partial charge in [-0.15, -0.1) is 0 Å². The Balaban J connectivity index is 2.37. The summed E-state index contributed by atoms with van der Waals surface area (Å²) in [5, 5.41) is 0. The number of rotatable bonds is 1. The number of ketones is 2. The monoisotopic (exact) mass is 210 g/mol. The molecule has 0 aliphatic heterocycles. The van der Waals surface area contributed by atoms with Crippen LogP contribution in [0.15, 0.2) is 0 Å². The van der Waals surface area contributed by atoms with Gasteiger partial charge in [-0.2, -0.15) is 0 Å². The Morgan fingerprint density at radius 1 is 1.47 bits per heavy atom. The van der Waals surface area contributed by atoms with Crippen LogP contribution in [0.2, 0.25) is 0 Å². The molecule has 2 unspecified atom stereocenters. The van der Waals surface area contributed by atoms with Crippen molar-refractivity contribution in [3.63, 3.8) is 0 Å². The zero-order valence-electron chi connectivity index (χ0n) is 8.75. The van der Waals surface area contributed by atoms with Crippen molar-refractivity contribution in [2.75, 3.05) is 7.11 Å². The van der Waals surface area contributed by atoms with E-state index in [0.29, 0.717) is 6.42 Å². The number of fused-ring (bicyclic) bond motifs is 1. The van der Waals surface area contributed by atoms with Gasteiger partial charge in [0.15, 0.2) is 0 Å². The Morgan fingerprint density at radius 3 is 2.87 bits per heavy atom. The summed E-state index contributed by atoms with van der Waals surface area (Å²) in [6.07, 6.45) is 2.36. The second-order valence-corrected chi connectivity index (χ2v) is 4.45. The van der Waals surface area contributed by atoms with Crippen LogP contribution in [-0.2, 0) is 19.1 Å². The molecule has 4 heteroatoms. The largest absolute Gasteiger partial charge is 0.469 e. The molecule has 0 amide bonds. The first-order chi connectivity index (χ1) is 7.10. The molecule has 2 atom stereocenters. The fraction of sp³-hybridized carbons (Fsp3) is 0.727. The number of ether oxygens (including phenoxy) is 1. The van der Waals surface area contributed by atoms with Crippen molar-refractivity contribution in [1.29, 1.82) is 0 Å².